The van der Waals surface area contributed by atoms with Gasteiger partial charge in [-0.25, -0.2) is 4.39 Å². The predicted molar refractivity (Wildman–Crippen MR) is 70.6 cm³/mol. The highest BCUT2D eigenvalue weighted by atomic mass is 79.9. The summed E-state index contributed by atoms with van der Waals surface area (Å²) in [5.41, 5.74) is 1.53. The van der Waals surface area contributed by atoms with E-state index in [0.717, 1.165) is 17.7 Å². The molecular weight excluding hydrogens is 287 g/mol. The molecule has 0 radical (unpaired) electrons. The van der Waals surface area contributed by atoms with Gasteiger partial charge >= 0.3 is 0 Å². The number of benzene rings is 1. The van der Waals surface area contributed by atoms with Gasteiger partial charge in [0, 0.05) is 12.2 Å². The number of carbonyl (C=O) groups is 1. The Morgan fingerprint density at radius 1 is 1.47 bits per heavy atom. The number of hydrogen-bond donors (Lipinski definition) is 2. The van der Waals surface area contributed by atoms with E-state index >= 15 is 0 Å². The minimum atomic E-state index is -0.302. The summed E-state index contributed by atoms with van der Waals surface area (Å²) >= 11 is 3.11. The molecule has 0 spiro atoms. The molecule has 0 atom stereocenters. The molecule has 0 saturated heterocycles. The Kier molecular flexibility index (Phi) is 5.41. The third-order valence-electron chi connectivity index (χ3n) is 2.28. The summed E-state index contributed by atoms with van der Waals surface area (Å²) in [7, 11) is 0. The predicted octanol–water partition coefficient (Wildman–Crippen LogP) is 2.83. The first-order chi connectivity index (χ1) is 8.04. The van der Waals surface area contributed by atoms with Crippen molar-refractivity contribution in [2.75, 3.05) is 18.4 Å². The molecule has 1 aromatic rings. The Balaban J connectivity index is 2.57. The molecule has 5 heteroatoms. The number of nitrogens with one attached hydrogen (secondary N) is 2. The summed E-state index contributed by atoms with van der Waals surface area (Å²) in [6, 6.07) is 3.06. The van der Waals surface area contributed by atoms with Crippen LogP contribution in [0.1, 0.15) is 18.9 Å². The van der Waals surface area contributed by atoms with Crippen LogP contribution in [0.2, 0.25) is 0 Å². The van der Waals surface area contributed by atoms with E-state index in [9.17, 15) is 9.18 Å². The Labute approximate surface area is 109 Å². The standard InChI is InChI=1S/C12H16BrFN2O/c1-3-4-15-12(17)7-16-11-6-9(13)10(14)5-8(11)2/h5-6,16H,3-4,7H2,1-2H3,(H,15,17). The lowest BCUT2D eigenvalue weighted by molar-refractivity contribution is -0.119. The molecule has 0 aliphatic heterocycles. The van der Waals surface area contributed by atoms with E-state index in [2.05, 4.69) is 26.6 Å². The summed E-state index contributed by atoms with van der Waals surface area (Å²) in [5.74, 6) is -0.366. The van der Waals surface area contributed by atoms with Crippen molar-refractivity contribution < 1.29 is 9.18 Å². The van der Waals surface area contributed by atoms with E-state index in [-0.39, 0.29) is 18.3 Å². The maximum absolute atomic E-state index is 13.2. The first-order valence-electron chi connectivity index (χ1n) is 5.50. The zero-order valence-electron chi connectivity index (χ0n) is 9.94. The molecular formula is C12H16BrFN2O. The molecule has 0 bridgehead atoms. The van der Waals surface area contributed by atoms with Crippen LogP contribution in [-0.2, 0) is 4.79 Å². The topological polar surface area (TPSA) is 41.1 Å². The third-order valence-corrected chi connectivity index (χ3v) is 2.89. The highest BCUT2D eigenvalue weighted by Crippen LogP contribution is 2.23. The minimum Gasteiger partial charge on any atom is -0.376 e. The van der Waals surface area contributed by atoms with Crippen LogP contribution in [0.25, 0.3) is 0 Å². The van der Waals surface area contributed by atoms with E-state index < -0.39 is 0 Å². The molecule has 3 nitrogen and oxygen atoms in total. The van der Waals surface area contributed by atoms with Crippen LogP contribution >= 0.6 is 15.9 Å². The summed E-state index contributed by atoms with van der Waals surface area (Å²) in [6.45, 7) is 4.66. The second-order valence-electron chi connectivity index (χ2n) is 3.78. The van der Waals surface area contributed by atoms with Crippen LogP contribution in [0.3, 0.4) is 0 Å². The average Bonchev–Trinajstić information content (AvgIpc) is 2.29. The first kappa shape index (κ1) is 14.0. The Morgan fingerprint density at radius 3 is 2.82 bits per heavy atom. The molecule has 0 heterocycles. The molecule has 1 aromatic carbocycles. The van der Waals surface area contributed by atoms with Crippen molar-refractivity contribution in [3.8, 4) is 0 Å². The molecule has 94 valence electrons. The molecule has 0 aliphatic rings. The van der Waals surface area contributed by atoms with Gasteiger partial charge in [-0.3, -0.25) is 4.79 Å². The Morgan fingerprint density at radius 2 is 2.18 bits per heavy atom. The van der Waals surface area contributed by atoms with E-state index in [1.807, 2.05) is 6.92 Å². The molecule has 2 N–H and O–H groups in total. The summed E-state index contributed by atoms with van der Waals surface area (Å²) in [5, 5.41) is 5.74. The summed E-state index contributed by atoms with van der Waals surface area (Å²) in [6.07, 6.45) is 0.910. The number of carbonyl (C=O) groups excluding carboxylic acids is 1. The van der Waals surface area contributed by atoms with Crippen molar-refractivity contribution in [1.29, 1.82) is 0 Å². The SMILES string of the molecule is CCCNC(=O)CNc1cc(Br)c(F)cc1C. The molecule has 0 saturated carbocycles. The number of anilines is 1. The van der Waals surface area contributed by atoms with Gasteiger partial charge < -0.3 is 10.6 Å². The van der Waals surface area contributed by atoms with Gasteiger partial charge in [-0.2, -0.15) is 0 Å². The van der Waals surface area contributed by atoms with E-state index in [1.165, 1.54) is 6.07 Å². The zero-order valence-corrected chi connectivity index (χ0v) is 11.5. The fraction of sp³-hybridized carbons (Fsp3) is 0.417. The third kappa shape index (κ3) is 4.34. The summed E-state index contributed by atoms with van der Waals surface area (Å²) in [4.78, 5) is 11.4. The molecule has 0 aliphatic carbocycles. The number of rotatable bonds is 5. The second kappa shape index (κ2) is 6.59. The van der Waals surface area contributed by atoms with E-state index in [1.54, 1.807) is 13.0 Å². The van der Waals surface area contributed by atoms with Crippen molar-refractivity contribution in [3.63, 3.8) is 0 Å². The molecule has 0 unspecified atom stereocenters. The molecule has 1 amide bonds. The van der Waals surface area contributed by atoms with Crippen LogP contribution in [0.15, 0.2) is 16.6 Å². The van der Waals surface area contributed by atoms with Crippen LogP contribution in [0.5, 0.6) is 0 Å². The lowest BCUT2D eigenvalue weighted by Gasteiger charge is -2.10. The van der Waals surface area contributed by atoms with Crippen LogP contribution in [0.4, 0.5) is 10.1 Å². The monoisotopic (exact) mass is 302 g/mol. The van der Waals surface area contributed by atoms with Crippen molar-refractivity contribution in [1.82, 2.24) is 5.32 Å². The maximum atomic E-state index is 13.2. The Bertz CT molecular complexity index is 410. The quantitative estimate of drug-likeness (QED) is 0.878. The number of halogens is 2. The largest absolute Gasteiger partial charge is 0.376 e. The lowest BCUT2D eigenvalue weighted by atomic mass is 10.2. The van der Waals surface area contributed by atoms with Gasteiger partial charge in [-0.05, 0) is 47.0 Å². The second-order valence-corrected chi connectivity index (χ2v) is 4.64. The fourth-order valence-corrected chi connectivity index (χ4v) is 1.68. The van der Waals surface area contributed by atoms with Gasteiger partial charge in [-0.15, -0.1) is 0 Å². The molecule has 1 rings (SSSR count). The number of aryl methyl sites for hydroxylation is 1. The van der Waals surface area contributed by atoms with Crippen molar-refractivity contribution in [3.05, 3.63) is 28.0 Å². The van der Waals surface area contributed by atoms with Crippen molar-refractivity contribution >= 4 is 27.5 Å². The van der Waals surface area contributed by atoms with Gasteiger partial charge in [0.15, 0.2) is 0 Å². The smallest absolute Gasteiger partial charge is 0.239 e. The molecule has 17 heavy (non-hydrogen) atoms. The lowest BCUT2D eigenvalue weighted by Crippen LogP contribution is -2.30. The normalized spacial score (nSPS) is 10.1. The highest BCUT2D eigenvalue weighted by Gasteiger charge is 2.06. The van der Waals surface area contributed by atoms with Crippen LogP contribution in [-0.4, -0.2) is 19.0 Å². The number of hydrogen-bond acceptors (Lipinski definition) is 2. The van der Waals surface area contributed by atoms with Gasteiger partial charge in [0.2, 0.25) is 5.91 Å². The van der Waals surface area contributed by atoms with Crippen LogP contribution < -0.4 is 10.6 Å². The zero-order chi connectivity index (χ0) is 12.8. The summed E-state index contributed by atoms with van der Waals surface area (Å²) < 4.78 is 13.6. The van der Waals surface area contributed by atoms with Crippen molar-refractivity contribution in [2.24, 2.45) is 0 Å². The fourth-order valence-electron chi connectivity index (χ4n) is 1.34. The van der Waals surface area contributed by atoms with Gasteiger partial charge in [0.1, 0.15) is 5.82 Å². The molecule has 0 fully saturated rings. The maximum Gasteiger partial charge on any atom is 0.239 e. The van der Waals surface area contributed by atoms with Gasteiger partial charge in [0.25, 0.3) is 0 Å². The minimum absolute atomic E-state index is 0.0632. The van der Waals surface area contributed by atoms with Crippen LogP contribution in [0, 0.1) is 12.7 Å². The highest BCUT2D eigenvalue weighted by molar-refractivity contribution is 9.10. The van der Waals surface area contributed by atoms with Gasteiger partial charge in [0.05, 0.1) is 11.0 Å². The molecule has 0 aromatic heterocycles. The Hall–Kier alpha value is -1.10. The van der Waals surface area contributed by atoms with Crippen molar-refractivity contribution in [2.45, 2.75) is 20.3 Å². The van der Waals surface area contributed by atoms with E-state index in [0.29, 0.717) is 11.0 Å². The first-order valence-corrected chi connectivity index (χ1v) is 6.30. The van der Waals surface area contributed by atoms with Gasteiger partial charge in [-0.1, -0.05) is 6.92 Å². The average molecular weight is 303 g/mol. The van der Waals surface area contributed by atoms with E-state index in [4.69, 9.17) is 0 Å². The number of amides is 1.